The van der Waals surface area contributed by atoms with Crippen molar-refractivity contribution >= 4 is 20.9 Å². The Morgan fingerprint density at radius 2 is 1.79 bits per heavy atom. The molecule has 24 heavy (non-hydrogen) atoms. The molecule has 0 aliphatic rings. The van der Waals surface area contributed by atoms with E-state index in [1.54, 1.807) is 24.4 Å². The molecule has 0 aliphatic carbocycles. The first kappa shape index (κ1) is 16.6. The number of hydrogen-bond acceptors (Lipinski definition) is 3. The second-order valence-corrected chi connectivity index (χ2v) is 7.72. The third-order valence-electron chi connectivity index (χ3n) is 4.12. The smallest absolute Gasteiger partial charge is 0.243 e. The molecule has 3 rings (SSSR count). The van der Waals surface area contributed by atoms with E-state index < -0.39 is 10.0 Å². The van der Waals surface area contributed by atoms with Gasteiger partial charge in [-0.15, -0.1) is 0 Å². The molecule has 1 aromatic heterocycles. The third-order valence-corrected chi connectivity index (χ3v) is 5.69. The van der Waals surface area contributed by atoms with E-state index in [2.05, 4.69) is 9.71 Å². The van der Waals surface area contributed by atoms with Crippen LogP contribution in [0, 0.1) is 13.8 Å². The molecule has 0 fully saturated rings. The Balaban J connectivity index is 2.00. The summed E-state index contributed by atoms with van der Waals surface area (Å²) in [6, 6.07) is 14.6. The van der Waals surface area contributed by atoms with E-state index in [1.165, 1.54) is 0 Å². The van der Waals surface area contributed by atoms with Gasteiger partial charge in [0.1, 0.15) is 4.90 Å². The van der Waals surface area contributed by atoms with E-state index in [9.17, 15) is 8.42 Å². The molecule has 1 N–H and O–H groups in total. The monoisotopic (exact) mass is 340 g/mol. The Labute approximate surface area is 142 Å². The van der Waals surface area contributed by atoms with E-state index in [1.807, 2.05) is 51.1 Å². The fraction of sp³-hybridized carbons (Fsp3) is 0.211. The molecule has 1 atom stereocenters. The highest BCUT2D eigenvalue weighted by Crippen LogP contribution is 2.24. The Kier molecular flexibility index (Phi) is 4.39. The Morgan fingerprint density at radius 3 is 2.58 bits per heavy atom. The zero-order valence-corrected chi connectivity index (χ0v) is 14.8. The molecule has 2 aromatic carbocycles. The lowest BCUT2D eigenvalue weighted by molar-refractivity contribution is 0.567. The molecule has 0 bridgehead atoms. The van der Waals surface area contributed by atoms with Gasteiger partial charge < -0.3 is 0 Å². The van der Waals surface area contributed by atoms with Crippen molar-refractivity contribution in [3.8, 4) is 0 Å². The number of pyridine rings is 1. The van der Waals surface area contributed by atoms with Crippen molar-refractivity contribution in [3.63, 3.8) is 0 Å². The summed E-state index contributed by atoms with van der Waals surface area (Å²) in [5.41, 5.74) is 3.63. The molecule has 4 nitrogen and oxygen atoms in total. The number of aromatic nitrogens is 1. The molecule has 5 heteroatoms. The first-order valence-corrected chi connectivity index (χ1v) is 9.30. The highest BCUT2D eigenvalue weighted by molar-refractivity contribution is 7.89. The van der Waals surface area contributed by atoms with Crippen LogP contribution >= 0.6 is 0 Å². The zero-order valence-electron chi connectivity index (χ0n) is 13.9. The van der Waals surface area contributed by atoms with Crippen LogP contribution in [0.1, 0.15) is 29.7 Å². The Morgan fingerprint density at radius 1 is 1.04 bits per heavy atom. The molecule has 0 spiro atoms. The van der Waals surface area contributed by atoms with Gasteiger partial charge in [-0.1, -0.05) is 42.0 Å². The maximum absolute atomic E-state index is 12.9. The fourth-order valence-corrected chi connectivity index (χ4v) is 4.28. The average molecular weight is 340 g/mol. The van der Waals surface area contributed by atoms with Crippen LogP contribution in [0.5, 0.6) is 0 Å². The van der Waals surface area contributed by atoms with E-state index in [4.69, 9.17) is 0 Å². The van der Waals surface area contributed by atoms with Crippen molar-refractivity contribution in [3.05, 3.63) is 71.4 Å². The number of benzene rings is 2. The third kappa shape index (κ3) is 3.18. The molecular weight excluding hydrogens is 320 g/mol. The lowest BCUT2D eigenvalue weighted by Crippen LogP contribution is -2.27. The lowest BCUT2D eigenvalue weighted by Gasteiger charge is -2.18. The molecule has 3 aromatic rings. The minimum atomic E-state index is -3.68. The van der Waals surface area contributed by atoms with Crippen molar-refractivity contribution in [1.82, 2.24) is 9.71 Å². The number of hydrogen-bond donors (Lipinski definition) is 1. The first-order valence-electron chi connectivity index (χ1n) is 7.82. The fourth-order valence-electron chi connectivity index (χ4n) is 2.88. The van der Waals surface area contributed by atoms with Crippen LogP contribution < -0.4 is 4.72 Å². The van der Waals surface area contributed by atoms with Crippen LogP contribution in [0.2, 0.25) is 0 Å². The number of aryl methyl sites for hydroxylation is 2. The number of fused-ring (bicyclic) bond motifs is 1. The summed E-state index contributed by atoms with van der Waals surface area (Å²) in [6.45, 7) is 5.84. The van der Waals surface area contributed by atoms with Gasteiger partial charge in [0.05, 0.1) is 5.52 Å². The normalized spacial score (nSPS) is 13.1. The SMILES string of the molecule is Cc1ccc(C)c(C(C)NS(=O)(=O)c2cccc3cccnc23)c1. The standard InChI is InChI=1S/C19H20N2O2S/c1-13-9-10-14(2)17(12-13)15(3)21-24(22,23)18-8-4-6-16-7-5-11-20-19(16)18/h4-12,15,21H,1-3H3. The van der Waals surface area contributed by atoms with Gasteiger partial charge in [-0.05, 0) is 44.0 Å². The minimum absolute atomic E-state index is 0.206. The van der Waals surface area contributed by atoms with Crippen LogP contribution in [0.15, 0.2) is 59.6 Å². The van der Waals surface area contributed by atoms with E-state index in [0.29, 0.717) is 5.52 Å². The van der Waals surface area contributed by atoms with Gasteiger partial charge in [-0.2, -0.15) is 0 Å². The van der Waals surface area contributed by atoms with Gasteiger partial charge >= 0.3 is 0 Å². The van der Waals surface area contributed by atoms with Crippen molar-refractivity contribution < 1.29 is 8.42 Å². The second-order valence-electron chi connectivity index (χ2n) is 6.03. The summed E-state index contributed by atoms with van der Waals surface area (Å²) in [5, 5.41) is 0.805. The van der Waals surface area contributed by atoms with Crippen LogP contribution in [0.3, 0.4) is 0 Å². The van der Waals surface area contributed by atoms with Crippen LogP contribution in [-0.2, 0) is 10.0 Å². The largest absolute Gasteiger partial charge is 0.255 e. The van der Waals surface area contributed by atoms with Crippen LogP contribution in [-0.4, -0.2) is 13.4 Å². The number of nitrogens with zero attached hydrogens (tertiary/aromatic N) is 1. The highest BCUT2D eigenvalue weighted by atomic mass is 32.2. The zero-order chi connectivity index (χ0) is 17.3. The number of nitrogens with one attached hydrogen (secondary N) is 1. The number of para-hydroxylation sites is 1. The van der Waals surface area contributed by atoms with Gasteiger partial charge in [-0.25, -0.2) is 13.1 Å². The highest BCUT2D eigenvalue weighted by Gasteiger charge is 2.22. The van der Waals surface area contributed by atoms with Crippen LogP contribution in [0.4, 0.5) is 0 Å². The summed E-state index contributed by atoms with van der Waals surface area (Å²) in [6.07, 6.45) is 1.61. The molecule has 0 radical (unpaired) electrons. The molecule has 0 saturated carbocycles. The van der Waals surface area contributed by atoms with Crippen molar-refractivity contribution in [2.24, 2.45) is 0 Å². The average Bonchev–Trinajstić information content (AvgIpc) is 2.56. The topological polar surface area (TPSA) is 59.1 Å². The molecule has 124 valence electrons. The summed E-state index contributed by atoms with van der Waals surface area (Å²) in [7, 11) is -3.68. The number of rotatable bonds is 4. The summed E-state index contributed by atoms with van der Waals surface area (Å²) < 4.78 is 28.5. The van der Waals surface area contributed by atoms with Gasteiger partial charge in [-0.3, -0.25) is 4.98 Å². The number of sulfonamides is 1. The molecule has 0 amide bonds. The maximum atomic E-state index is 12.9. The molecule has 0 saturated heterocycles. The Hall–Kier alpha value is -2.24. The van der Waals surface area contributed by atoms with Crippen LogP contribution in [0.25, 0.3) is 10.9 Å². The summed E-state index contributed by atoms with van der Waals surface area (Å²) in [4.78, 5) is 4.45. The second kappa shape index (κ2) is 6.34. The van der Waals surface area contributed by atoms with Crippen molar-refractivity contribution in [2.45, 2.75) is 31.7 Å². The minimum Gasteiger partial charge on any atom is -0.255 e. The molecule has 1 heterocycles. The molecule has 1 unspecified atom stereocenters. The summed E-state index contributed by atoms with van der Waals surface area (Å²) in [5.74, 6) is 0. The molecular formula is C19H20N2O2S. The lowest BCUT2D eigenvalue weighted by atomic mass is 10.0. The van der Waals surface area contributed by atoms with Gasteiger partial charge in [0.15, 0.2) is 0 Å². The maximum Gasteiger partial charge on any atom is 0.243 e. The first-order chi connectivity index (χ1) is 11.4. The molecule has 0 aliphatic heterocycles. The van der Waals surface area contributed by atoms with Crippen molar-refractivity contribution in [2.75, 3.05) is 0 Å². The van der Waals surface area contributed by atoms with E-state index in [0.717, 1.165) is 22.1 Å². The Bertz CT molecular complexity index is 992. The van der Waals surface area contributed by atoms with Gasteiger partial charge in [0.25, 0.3) is 0 Å². The predicted octanol–water partition coefficient (Wildman–Crippen LogP) is 3.89. The van der Waals surface area contributed by atoms with Crippen molar-refractivity contribution in [1.29, 1.82) is 0 Å². The van der Waals surface area contributed by atoms with E-state index >= 15 is 0 Å². The van der Waals surface area contributed by atoms with Gasteiger partial charge in [0, 0.05) is 17.6 Å². The van der Waals surface area contributed by atoms with E-state index in [-0.39, 0.29) is 10.9 Å². The van der Waals surface area contributed by atoms with Gasteiger partial charge in [0.2, 0.25) is 10.0 Å². The quantitative estimate of drug-likeness (QED) is 0.784. The predicted molar refractivity (Wildman–Crippen MR) is 96.4 cm³/mol. The summed E-state index contributed by atoms with van der Waals surface area (Å²) >= 11 is 0.